The number of likely N-dealkylation sites (tertiary alicyclic amines) is 1. The van der Waals surface area contributed by atoms with Crippen LogP contribution in [0.15, 0.2) is 55.0 Å². The molecule has 2 aromatic heterocycles. The number of nitrogens with zero attached hydrogens (tertiary/aromatic N) is 5. The first-order valence-corrected chi connectivity index (χ1v) is 13.4. The van der Waals surface area contributed by atoms with E-state index in [9.17, 15) is 19.1 Å². The van der Waals surface area contributed by atoms with Gasteiger partial charge in [-0.1, -0.05) is 11.6 Å². The van der Waals surface area contributed by atoms with E-state index < -0.39 is 11.4 Å². The van der Waals surface area contributed by atoms with Crippen LogP contribution in [0.2, 0.25) is 5.02 Å². The lowest BCUT2D eigenvalue weighted by molar-refractivity contribution is -0.135. The van der Waals surface area contributed by atoms with Gasteiger partial charge in [0.15, 0.2) is 23.0 Å². The number of hydrogen-bond acceptors (Lipinski definition) is 7. The van der Waals surface area contributed by atoms with Gasteiger partial charge in [0.25, 0.3) is 5.91 Å². The first-order valence-electron chi connectivity index (χ1n) is 13.0. The number of amides is 2. The van der Waals surface area contributed by atoms with Crippen molar-refractivity contribution in [3.63, 3.8) is 0 Å². The van der Waals surface area contributed by atoms with Crippen molar-refractivity contribution < 1.29 is 23.8 Å². The van der Waals surface area contributed by atoms with Crippen LogP contribution in [0.5, 0.6) is 5.75 Å². The van der Waals surface area contributed by atoms with Crippen LogP contribution in [0.25, 0.3) is 16.9 Å². The number of hydrogen-bond donors (Lipinski definition) is 2. The molecular weight excluding hydrogens is 551 g/mol. The summed E-state index contributed by atoms with van der Waals surface area (Å²) in [5.74, 6) is -0.261. The third-order valence-electron chi connectivity index (χ3n) is 7.30. The number of benzene rings is 2. The van der Waals surface area contributed by atoms with Crippen molar-refractivity contribution in [2.75, 3.05) is 39.6 Å². The molecule has 0 saturated carbocycles. The number of rotatable bonds is 7. The first-order chi connectivity index (χ1) is 19.6. The molecule has 0 unspecified atom stereocenters. The molecule has 0 bridgehead atoms. The Balaban J connectivity index is 1.30. The Morgan fingerprint density at radius 1 is 1.17 bits per heavy atom. The van der Waals surface area contributed by atoms with E-state index in [4.69, 9.17) is 16.3 Å². The lowest BCUT2D eigenvalue weighted by Gasteiger charge is -2.38. The summed E-state index contributed by atoms with van der Waals surface area (Å²) in [6, 6.07) is 9.70. The summed E-state index contributed by atoms with van der Waals surface area (Å²) >= 11 is 6.54. The molecule has 1 saturated heterocycles. The molecule has 0 radical (unpaired) electrons. The number of methoxy groups -OCH3 is 1. The Morgan fingerprint density at radius 3 is 2.59 bits per heavy atom. The minimum Gasteiger partial charge on any atom is -0.494 e. The van der Waals surface area contributed by atoms with Gasteiger partial charge in [-0.15, -0.1) is 0 Å². The van der Waals surface area contributed by atoms with Gasteiger partial charge in [0.1, 0.15) is 0 Å². The number of fused-ring (bicyclic) bond motifs is 1. The van der Waals surface area contributed by atoms with Crippen LogP contribution in [-0.4, -0.2) is 81.0 Å². The molecular formula is C29H30ClFN6O4. The number of carbonyl (C=O) groups excluding carboxylic acids is 2. The van der Waals surface area contributed by atoms with Crippen LogP contribution >= 0.6 is 11.6 Å². The van der Waals surface area contributed by atoms with Crippen molar-refractivity contribution in [2.45, 2.75) is 24.9 Å². The summed E-state index contributed by atoms with van der Waals surface area (Å²) in [6.07, 6.45) is 5.61. The molecule has 10 nitrogen and oxygen atoms in total. The Labute approximate surface area is 241 Å². The summed E-state index contributed by atoms with van der Waals surface area (Å²) in [5.41, 5.74) is 1.62. The average Bonchev–Trinajstić information content (AvgIpc) is 3.38. The molecule has 4 aromatic rings. The summed E-state index contributed by atoms with van der Waals surface area (Å²) < 4.78 is 21.1. The molecule has 1 aliphatic heterocycles. The highest BCUT2D eigenvalue weighted by Crippen LogP contribution is 2.31. The summed E-state index contributed by atoms with van der Waals surface area (Å²) in [5, 5.41) is 14.3. The SMILES string of the molecule is COc1ccc(-c2cnc3c(Nc4ccc(C(=O)N5CCC(O)(CC(=O)N(C)C)CC5)c(Cl)c4)nccn23)cc1F. The molecule has 5 rings (SSSR count). The fourth-order valence-electron chi connectivity index (χ4n) is 4.86. The molecule has 0 aliphatic carbocycles. The molecule has 0 spiro atoms. The second kappa shape index (κ2) is 11.3. The summed E-state index contributed by atoms with van der Waals surface area (Å²) in [4.78, 5) is 37.3. The van der Waals surface area contributed by atoms with E-state index in [2.05, 4.69) is 15.3 Å². The van der Waals surface area contributed by atoms with Gasteiger partial charge in [-0.05, 0) is 49.2 Å². The van der Waals surface area contributed by atoms with Crippen LogP contribution in [0, 0.1) is 5.82 Å². The Hall–Kier alpha value is -4.22. The predicted molar refractivity (Wildman–Crippen MR) is 153 cm³/mol. The Morgan fingerprint density at radius 2 is 1.93 bits per heavy atom. The Bertz CT molecular complexity index is 1620. The number of nitrogens with one attached hydrogen (secondary N) is 1. The van der Waals surface area contributed by atoms with E-state index in [-0.39, 0.29) is 29.0 Å². The largest absolute Gasteiger partial charge is 0.494 e. The third-order valence-corrected chi connectivity index (χ3v) is 7.61. The fourth-order valence-corrected chi connectivity index (χ4v) is 5.12. The van der Waals surface area contributed by atoms with Crippen LogP contribution in [0.4, 0.5) is 15.9 Å². The summed E-state index contributed by atoms with van der Waals surface area (Å²) in [7, 11) is 4.72. The highest BCUT2D eigenvalue weighted by molar-refractivity contribution is 6.34. The smallest absolute Gasteiger partial charge is 0.255 e. The monoisotopic (exact) mass is 580 g/mol. The molecule has 12 heteroatoms. The zero-order valence-corrected chi connectivity index (χ0v) is 23.7. The van der Waals surface area contributed by atoms with Gasteiger partial charge >= 0.3 is 0 Å². The number of imidazole rings is 1. The number of halogens is 2. The molecule has 3 heterocycles. The second-order valence-corrected chi connectivity index (χ2v) is 10.7. The zero-order chi connectivity index (χ0) is 29.3. The highest BCUT2D eigenvalue weighted by atomic mass is 35.5. The van der Waals surface area contributed by atoms with E-state index >= 15 is 0 Å². The minimum atomic E-state index is -1.13. The van der Waals surface area contributed by atoms with Gasteiger partial charge < -0.3 is 25.0 Å². The van der Waals surface area contributed by atoms with Crippen LogP contribution in [0.3, 0.4) is 0 Å². The van der Waals surface area contributed by atoms with E-state index in [1.807, 2.05) is 0 Å². The van der Waals surface area contributed by atoms with Crippen LogP contribution < -0.4 is 10.1 Å². The van der Waals surface area contributed by atoms with E-state index in [1.54, 1.807) is 72.3 Å². The lowest BCUT2D eigenvalue weighted by atomic mass is 9.87. The molecule has 2 aromatic carbocycles. The highest BCUT2D eigenvalue weighted by Gasteiger charge is 2.36. The first kappa shape index (κ1) is 28.3. The molecule has 214 valence electrons. The quantitative estimate of drug-likeness (QED) is 0.333. The van der Waals surface area contributed by atoms with Gasteiger partial charge in [0.2, 0.25) is 5.91 Å². The molecule has 2 N–H and O–H groups in total. The second-order valence-electron chi connectivity index (χ2n) is 10.3. The average molecular weight is 581 g/mol. The minimum absolute atomic E-state index is 0.0267. The predicted octanol–water partition coefficient (Wildman–Crippen LogP) is 4.39. The maximum Gasteiger partial charge on any atom is 0.255 e. The number of aliphatic hydroxyl groups is 1. The number of ether oxygens (including phenoxy) is 1. The fraction of sp³-hybridized carbons (Fsp3) is 0.310. The lowest BCUT2D eigenvalue weighted by Crippen LogP contribution is -2.48. The number of anilines is 2. The van der Waals surface area contributed by atoms with Crippen molar-refractivity contribution in [1.82, 2.24) is 24.2 Å². The maximum atomic E-state index is 14.3. The van der Waals surface area contributed by atoms with Gasteiger partial charge in [0, 0.05) is 50.8 Å². The molecule has 2 amide bonds. The molecule has 1 fully saturated rings. The van der Waals surface area contributed by atoms with Gasteiger partial charge in [-0.25, -0.2) is 14.4 Å². The number of piperidine rings is 1. The molecule has 0 atom stereocenters. The standard InChI is InChI=1S/C29H30ClFN6O4/c1-35(2)25(38)16-29(40)8-11-36(12-9-29)28(39)20-6-5-19(15-21(20)30)34-26-27-33-17-23(37(27)13-10-32-26)18-4-7-24(41-3)22(31)14-18/h4-7,10,13-15,17,40H,8-9,11-12,16H2,1-3H3,(H,32,34). The van der Waals surface area contributed by atoms with Gasteiger partial charge in [0.05, 0.1) is 41.6 Å². The van der Waals surface area contributed by atoms with Crippen LogP contribution in [0.1, 0.15) is 29.6 Å². The Kier molecular flexibility index (Phi) is 7.83. The van der Waals surface area contributed by atoms with Crippen molar-refractivity contribution in [2.24, 2.45) is 0 Å². The number of carbonyl (C=O) groups is 2. The topological polar surface area (TPSA) is 112 Å². The van der Waals surface area contributed by atoms with Crippen molar-refractivity contribution in [3.8, 4) is 17.0 Å². The molecule has 41 heavy (non-hydrogen) atoms. The van der Waals surface area contributed by atoms with Gasteiger partial charge in [-0.2, -0.15) is 0 Å². The van der Waals surface area contributed by atoms with Crippen molar-refractivity contribution in [3.05, 3.63) is 71.4 Å². The summed E-state index contributed by atoms with van der Waals surface area (Å²) in [6.45, 7) is 0.636. The van der Waals surface area contributed by atoms with Crippen molar-refractivity contribution >= 4 is 40.6 Å². The zero-order valence-electron chi connectivity index (χ0n) is 22.9. The van der Waals surface area contributed by atoms with Gasteiger partial charge in [-0.3, -0.25) is 14.0 Å². The molecule has 1 aliphatic rings. The third kappa shape index (κ3) is 5.82. The normalized spacial score (nSPS) is 14.6. The van der Waals surface area contributed by atoms with E-state index in [1.165, 1.54) is 18.1 Å². The van der Waals surface area contributed by atoms with E-state index in [0.29, 0.717) is 59.9 Å². The maximum absolute atomic E-state index is 14.3. The van der Waals surface area contributed by atoms with E-state index in [0.717, 1.165) is 0 Å². The van der Waals surface area contributed by atoms with Crippen molar-refractivity contribution in [1.29, 1.82) is 0 Å². The number of aromatic nitrogens is 3. The van der Waals surface area contributed by atoms with Crippen LogP contribution in [-0.2, 0) is 4.79 Å².